The van der Waals surface area contributed by atoms with Crippen molar-refractivity contribution >= 4 is 5.96 Å². The quantitative estimate of drug-likeness (QED) is 0.658. The van der Waals surface area contributed by atoms with Gasteiger partial charge in [-0.05, 0) is 49.3 Å². The van der Waals surface area contributed by atoms with Crippen LogP contribution in [0.15, 0.2) is 29.3 Å². The summed E-state index contributed by atoms with van der Waals surface area (Å²) in [5.74, 6) is 1.48. The minimum Gasteiger partial charge on any atom is -0.354 e. The van der Waals surface area contributed by atoms with Gasteiger partial charge in [-0.15, -0.1) is 0 Å². The first kappa shape index (κ1) is 14.8. The number of nitrogens with zero attached hydrogens (tertiary/aromatic N) is 1. The Labute approximate surface area is 120 Å². The van der Waals surface area contributed by atoms with Gasteiger partial charge in [0.1, 0.15) is 5.82 Å². The van der Waals surface area contributed by atoms with Crippen LogP contribution in [0.3, 0.4) is 0 Å². The van der Waals surface area contributed by atoms with Crippen LogP contribution in [0.2, 0.25) is 0 Å². The molecule has 1 aliphatic rings. The lowest BCUT2D eigenvalue weighted by Gasteiger charge is -2.28. The van der Waals surface area contributed by atoms with Gasteiger partial charge in [-0.25, -0.2) is 4.39 Å². The monoisotopic (exact) mass is 277 g/mol. The molecular formula is C16H24FN3. The zero-order valence-electron chi connectivity index (χ0n) is 12.3. The number of benzene rings is 1. The van der Waals surface area contributed by atoms with Gasteiger partial charge in [-0.2, -0.15) is 0 Å². The summed E-state index contributed by atoms with van der Waals surface area (Å²) in [7, 11) is 1.78. The normalized spacial score (nSPS) is 23.4. The van der Waals surface area contributed by atoms with Crippen LogP contribution in [0.1, 0.15) is 38.2 Å². The van der Waals surface area contributed by atoms with Crippen molar-refractivity contribution < 1.29 is 4.39 Å². The smallest absolute Gasteiger partial charge is 0.191 e. The number of guanidine groups is 1. The predicted octanol–water partition coefficient (Wildman–Crippen LogP) is 3.07. The van der Waals surface area contributed by atoms with E-state index in [-0.39, 0.29) is 5.82 Å². The number of hydrogen-bond acceptors (Lipinski definition) is 1. The lowest BCUT2D eigenvalue weighted by atomic mass is 9.87. The molecule has 1 aromatic rings. The summed E-state index contributed by atoms with van der Waals surface area (Å²) in [6.45, 7) is 2.97. The Morgan fingerprint density at radius 1 is 1.20 bits per heavy atom. The first-order chi connectivity index (χ1) is 9.67. The summed E-state index contributed by atoms with van der Waals surface area (Å²) in [6, 6.07) is 7.06. The Morgan fingerprint density at radius 2 is 1.85 bits per heavy atom. The molecule has 0 saturated heterocycles. The van der Waals surface area contributed by atoms with E-state index in [2.05, 4.69) is 22.5 Å². The molecular weight excluding hydrogens is 253 g/mol. The molecule has 0 heterocycles. The Hall–Kier alpha value is -1.58. The average Bonchev–Trinajstić information content (AvgIpc) is 2.47. The van der Waals surface area contributed by atoms with E-state index in [0.717, 1.165) is 17.4 Å². The third kappa shape index (κ3) is 4.51. The topological polar surface area (TPSA) is 36.4 Å². The van der Waals surface area contributed by atoms with Crippen molar-refractivity contribution in [3.8, 4) is 0 Å². The van der Waals surface area contributed by atoms with Crippen molar-refractivity contribution in [1.29, 1.82) is 0 Å². The number of rotatable bonds is 3. The molecule has 2 rings (SSSR count). The zero-order valence-corrected chi connectivity index (χ0v) is 12.3. The van der Waals surface area contributed by atoms with E-state index in [0.29, 0.717) is 12.6 Å². The van der Waals surface area contributed by atoms with E-state index in [9.17, 15) is 4.39 Å². The SMILES string of the molecule is CN=C(NCc1ccc(F)cc1)NC1CCC(C)CC1. The second kappa shape index (κ2) is 7.27. The van der Waals surface area contributed by atoms with Crippen LogP contribution in [0.4, 0.5) is 4.39 Å². The molecule has 0 spiro atoms. The molecule has 1 saturated carbocycles. The fraction of sp³-hybridized carbons (Fsp3) is 0.562. The average molecular weight is 277 g/mol. The zero-order chi connectivity index (χ0) is 14.4. The van der Waals surface area contributed by atoms with Crippen LogP contribution in [0, 0.1) is 11.7 Å². The highest BCUT2D eigenvalue weighted by Gasteiger charge is 2.18. The summed E-state index contributed by atoms with van der Waals surface area (Å²) in [4.78, 5) is 4.25. The molecule has 4 heteroatoms. The molecule has 0 aromatic heterocycles. The third-order valence-corrected chi connectivity index (χ3v) is 3.95. The van der Waals surface area contributed by atoms with E-state index in [1.165, 1.54) is 37.8 Å². The van der Waals surface area contributed by atoms with Crippen molar-refractivity contribution in [1.82, 2.24) is 10.6 Å². The van der Waals surface area contributed by atoms with Crippen LogP contribution in [-0.4, -0.2) is 19.0 Å². The molecule has 1 fully saturated rings. The molecule has 20 heavy (non-hydrogen) atoms. The van der Waals surface area contributed by atoms with Gasteiger partial charge in [0, 0.05) is 19.6 Å². The molecule has 0 radical (unpaired) electrons. The lowest BCUT2D eigenvalue weighted by Crippen LogP contribution is -2.44. The summed E-state index contributed by atoms with van der Waals surface area (Å²) in [5.41, 5.74) is 1.05. The van der Waals surface area contributed by atoms with Crippen molar-refractivity contribution in [3.63, 3.8) is 0 Å². The van der Waals surface area contributed by atoms with Crippen LogP contribution in [0.25, 0.3) is 0 Å². The minimum absolute atomic E-state index is 0.201. The maximum absolute atomic E-state index is 12.8. The van der Waals surface area contributed by atoms with Gasteiger partial charge in [-0.3, -0.25) is 4.99 Å². The third-order valence-electron chi connectivity index (χ3n) is 3.95. The molecule has 0 unspecified atom stereocenters. The Kier molecular flexibility index (Phi) is 5.39. The summed E-state index contributed by atoms with van der Waals surface area (Å²) < 4.78 is 12.8. The first-order valence-electron chi connectivity index (χ1n) is 7.39. The van der Waals surface area contributed by atoms with E-state index in [1.54, 1.807) is 19.2 Å². The fourth-order valence-corrected chi connectivity index (χ4v) is 2.58. The predicted molar refractivity (Wildman–Crippen MR) is 81.2 cm³/mol. The molecule has 0 bridgehead atoms. The summed E-state index contributed by atoms with van der Waals surface area (Å²) >= 11 is 0. The van der Waals surface area contributed by atoms with Gasteiger partial charge in [0.15, 0.2) is 5.96 Å². The van der Waals surface area contributed by atoms with Gasteiger partial charge in [0.2, 0.25) is 0 Å². The Balaban J connectivity index is 1.79. The highest BCUT2D eigenvalue weighted by Crippen LogP contribution is 2.23. The van der Waals surface area contributed by atoms with Crippen LogP contribution in [-0.2, 0) is 6.54 Å². The highest BCUT2D eigenvalue weighted by molar-refractivity contribution is 5.79. The van der Waals surface area contributed by atoms with Crippen LogP contribution in [0.5, 0.6) is 0 Å². The fourth-order valence-electron chi connectivity index (χ4n) is 2.58. The highest BCUT2D eigenvalue weighted by atomic mass is 19.1. The molecule has 2 N–H and O–H groups in total. The largest absolute Gasteiger partial charge is 0.354 e. The van der Waals surface area contributed by atoms with Crippen LogP contribution < -0.4 is 10.6 Å². The van der Waals surface area contributed by atoms with Crippen molar-refractivity contribution in [2.45, 2.75) is 45.2 Å². The van der Waals surface area contributed by atoms with Gasteiger partial charge in [-0.1, -0.05) is 19.1 Å². The second-order valence-electron chi connectivity index (χ2n) is 5.65. The van der Waals surface area contributed by atoms with Crippen molar-refractivity contribution in [2.75, 3.05) is 7.05 Å². The molecule has 1 aromatic carbocycles. The van der Waals surface area contributed by atoms with Gasteiger partial charge >= 0.3 is 0 Å². The van der Waals surface area contributed by atoms with Gasteiger partial charge < -0.3 is 10.6 Å². The van der Waals surface area contributed by atoms with E-state index < -0.39 is 0 Å². The lowest BCUT2D eigenvalue weighted by molar-refractivity contribution is 0.329. The van der Waals surface area contributed by atoms with E-state index >= 15 is 0 Å². The van der Waals surface area contributed by atoms with Gasteiger partial charge in [0.05, 0.1) is 0 Å². The van der Waals surface area contributed by atoms with E-state index in [4.69, 9.17) is 0 Å². The second-order valence-corrected chi connectivity index (χ2v) is 5.65. The number of aliphatic imine (C=N–C) groups is 1. The Bertz CT molecular complexity index is 434. The molecule has 1 aliphatic carbocycles. The minimum atomic E-state index is -0.201. The molecule has 0 aliphatic heterocycles. The number of nitrogens with one attached hydrogen (secondary N) is 2. The summed E-state index contributed by atoms with van der Waals surface area (Å²) in [5, 5.41) is 6.75. The number of hydrogen-bond donors (Lipinski definition) is 2. The maximum atomic E-state index is 12.8. The van der Waals surface area contributed by atoms with Gasteiger partial charge in [0.25, 0.3) is 0 Å². The standard InChI is InChI=1S/C16H24FN3/c1-12-3-9-15(10-4-12)20-16(18-2)19-11-13-5-7-14(17)8-6-13/h5-8,12,15H,3-4,9-11H2,1-2H3,(H2,18,19,20). The van der Waals surface area contributed by atoms with Crippen molar-refractivity contribution in [3.05, 3.63) is 35.6 Å². The molecule has 3 nitrogen and oxygen atoms in total. The maximum Gasteiger partial charge on any atom is 0.191 e. The van der Waals surface area contributed by atoms with Crippen molar-refractivity contribution in [2.24, 2.45) is 10.9 Å². The first-order valence-corrected chi connectivity index (χ1v) is 7.39. The Morgan fingerprint density at radius 3 is 2.45 bits per heavy atom. The van der Waals surface area contributed by atoms with E-state index in [1.807, 2.05) is 0 Å². The molecule has 110 valence electrons. The number of halogens is 1. The van der Waals surface area contributed by atoms with Crippen LogP contribution >= 0.6 is 0 Å². The molecule has 0 amide bonds. The summed E-state index contributed by atoms with van der Waals surface area (Å²) in [6.07, 6.45) is 4.98. The molecule has 0 atom stereocenters.